The normalized spacial score (nSPS) is 16.4. The molecule has 8 heteroatoms. The lowest BCUT2D eigenvalue weighted by Crippen LogP contribution is -2.46. The fourth-order valence-corrected chi connectivity index (χ4v) is 4.40. The quantitative estimate of drug-likeness (QED) is 0.858. The molecule has 0 bridgehead atoms. The van der Waals surface area contributed by atoms with Gasteiger partial charge in [-0.15, -0.1) is 23.7 Å². The van der Waals surface area contributed by atoms with Crippen LogP contribution in [0.25, 0.3) is 10.2 Å². The van der Waals surface area contributed by atoms with E-state index in [1.807, 2.05) is 14.0 Å². The largest absolute Gasteiger partial charge is 0.356 e. The molecule has 1 amide bonds. The number of halogens is 1. The van der Waals surface area contributed by atoms with E-state index in [9.17, 15) is 4.79 Å². The molecule has 1 unspecified atom stereocenters. The number of nitrogens with zero attached hydrogens (tertiary/aromatic N) is 4. The molecule has 2 aromatic heterocycles. The summed E-state index contributed by atoms with van der Waals surface area (Å²) in [6, 6.07) is 0.0865. The molecule has 144 valence electrons. The lowest BCUT2D eigenvalue weighted by molar-refractivity contribution is -0.136. The first-order chi connectivity index (χ1) is 11.9. The fourth-order valence-electron chi connectivity index (χ4n) is 3.41. The molecule has 1 aliphatic heterocycles. The molecule has 1 saturated heterocycles. The second-order valence-corrected chi connectivity index (χ2v) is 8.16. The van der Waals surface area contributed by atoms with E-state index in [4.69, 9.17) is 5.73 Å². The van der Waals surface area contributed by atoms with E-state index < -0.39 is 0 Å². The molecular weight excluding hydrogens is 370 g/mol. The van der Waals surface area contributed by atoms with Crippen molar-refractivity contribution in [2.24, 2.45) is 11.7 Å². The van der Waals surface area contributed by atoms with Gasteiger partial charge < -0.3 is 15.5 Å². The number of nitrogens with two attached hydrogens (primary N) is 1. The Morgan fingerprint density at radius 3 is 2.65 bits per heavy atom. The number of hydrogen-bond donors (Lipinski definition) is 1. The van der Waals surface area contributed by atoms with E-state index in [1.54, 1.807) is 22.6 Å². The van der Waals surface area contributed by atoms with Gasteiger partial charge in [-0.05, 0) is 39.2 Å². The third-order valence-corrected chi connectivity index (χ3v) is 6.55. The summed E-state index contributed by atoms with van der Waals surface area (Å²) in [7, 11) is 1.86. The number of hydrogen-bond acceptors (Lipinski definition) is 6. The summed E-state index contributed by atoms with van der Waals surface area (Å²) in [5.41, 5.74) is 6.96. The van der Waals surface area contributed by atoms with Gasteiger partial charge >= 0.3 is 0 Å². The smallest absolute Gasteiger partial charge is 0.225 e. The highest BCUT2D eigenvalue weighted by molar-refractivity contribution is 7.18. The van der Waals surface area contributed by atoms with E-state index in [0.29, 0.717) is 6.54 Å². The maximum Gasteiger partial charge on any atom is 0.225 e. The average molecular weight is 398 g/mol. The number of thiophene rings is 1. The Kier molecular flexibility index (Phi) is 6.82. The van der Waals surface area contributed by atoms with Crippen molar-refractivity contribution in [1.82, 2.24) is 14.9 Å². The standard InChI is InChI=1S/C18H27N5OS.ClH/c1-11(9-19)22(4)18(24)14-5-7-23(8-6-14)16-15-12(2)13(3)25-17(15)21-10-20-16;/h10-11,14H,5-9,19H2,1-4H3;1H. The molecule has 26 heavy (non-hydrogen) atoms. The molecule has 1 fully saturated rings. The number of piperidine rings is 1. The lowest BCUT2D eigenvalue weighted by Gasteiger charge is -2.35. The van der Waals surface area contributed by atoms with Crippen LogP contribution < -0.4 is 10.6 Å². The predicted molar refractivity (Wildman–Crippen MR) is 110 cm³/mol. The van der Waals surface area contributed by atoms with Gasteiger partial charge in [0.05, 0.1) is 5.39 Å². The highest BCUT2D eigenvalue weighted by Crippen LogP contribution is 2.35. The predicted octanol–water partition coefficient (Wildman–Crippen LogP) is 2.75. The van der Waals surface area contributed by atoms with Crippen molar-refractivity contribution in [3.05, 3.63) is 16.8 Å². The SMILES string of the molecule is Cc1sc2ncnc(N3CCC(C(=O)N(C)C(C)CN)CC3)c2c1C.Cl. The maximum atomic E-state index is 12.6. The third-order valence-electron chi connectivity index (χ3n) is 5.44. The lowest BCUT2D eigenvalue weighted by atomic mass is 9.94. The minimum Gasteiger partial charge on any atom is -0.356 e. The van der Waals surface area contributed by atoms with Gasteiger partial charge in [-0.25, -0.2) is 9.97 Å². The van der Waals surface area contributed by atoms with Crippen LogP contribution in [0.4, 0.5) is 5.82 Å². The molecule has 0 aliphatic carbocycles. The van der Waals surface area contributed by atoms with Crippen LogP contribution in [0.2, 0.25) is 0 Å². The number of carbonyl (C=O) groups excluding carboxylic acids is 1. The van der Waals surface area contributed by atoms with Crippen LogP contribution in [-0.4, -0.2) is 53.5 Å². The molecule has 0 saturated carbocycles. The van der Waals surface area contributed by atoms with Crippen LogP contribution in [0, 0.1) is 19.8 Å². The summed E-state index contributed by atoms with van der Waals surface area (Å²) in [5.74, 6) is 1.31. The summed E-state index contributed by atoms with van der Waals surface area (Å²) < 4.78 is 0. The van der Waals surface area contributed by atoms with Crippen LogP contribution in [0.1, 0.15) is 30.2 Å². The molecule has 1 atom stereocenters. The van der Waals surface area contributed by atoms with Crippen LogP contribution in [-0.2, 0) is 4.79 Å². The average Bonchev–Trinajstić information content (AvgIpc) is 2.94. The highest BCUT2D eigenvalue weighted by atomic mass is 35.5. The van der Waals surface area contributed by atoms with Crippen molar-refractivity contribution in [1.29, 1.82) is 0 Å². The Hall–Kier alpha value is -1.44. The molecule has 2 aromatic rings. The van der Waals surface area contributed by atoms with E-state index in [-0.39, 0.29) is 30.3 Å². The Morgan fingerprint density at radius 2 is 2.04 bits per heavy atom. The molecule has 3 heterocycles. The van der Waals surface area contributed by atoms with E-state index in [1.165, 1.54) is 15.8 Å². The number of carbonyl (C=O) groups is 1. The monoisotopic (exact) mass is 397 g/mol. The van der Waals surface area contributed by atoms with Crippen molar-refractivity contribution >= 4 is 45.7 Å². The number of anilines is 1. The molecule has 1 aliphatic rings. The summed E-state index contributed by atoms with van der Waals surface area (Å²) >= 11 is 1.72. The van der Waals surface area contributed by atoms with Crippen LogP contribution >= 0.6 is 23.7 Å². The van der Waals surface area contributed by atoms with Crippen LogP contribution in [0.5, 0.6) is 0 Å². The number of rotatable bonds is 4. The van der Waals surface area contributed by atoms with Crippen LogP contribution in [0.3, 0.4) is 0 Å². The molecule has 0 radical (unpaired) electrons. The second kappa shape index (κ2) is 8.50. The van der Waals surface area contributed by atoms with Gasteiger partial charge in [0, 0.05) is 43.5 Å². The zero-order valence-electron chi connectivity index (χ0n) is 15.9. The number of fused-ring (bicyclic) bond motifs is 1. The van der Waals surface area contributed by atoms with Crippen molar-refractivity contribution in [3.8, 4) is 0 Å². The zero-order chi connectivity index (χ0) is 18.1. The van der Waals surface area contributed by atoms with Gasteiger partial charge in [-0.2, -0.15) is 0 Å². The Labute approximate surface area is 165 Å². The number of aryl methyl sites for hydroxylation is 2. The molecule has 3 rings (SSSR count). The summed E-state index contributed by atoms with van der Waals surface area (Å²) in [6.45, 7) is 8.46. The summed E-state index contributed by atoms with van der Waals surface area (Å²) in [6.07, 6.45) is 3.36. The minimum atomic E-state index is 0. The van der Waals surface area contributed by atoms with Gasteiger partial charge in [0.2, 0.25) is 5.91 Å². The van der Waals surface area contributed by atoms with Crippen LogP contribution in [0.15, 0.2) is 6.33 Å². The fraction of sp³-hybridized carbons (Fsp3) is 0.611. The minimum absolute atomic E-state index is 0. The second-order valence-electron chi connectivity index (χ2n) is 6.96. The van der Waals surface area contributed by atoms with Crippen molar-refractivity contribution in [2.75, 3.05) is 31.6 Å². The number of amides is 1. The van der Waals surface area contributed by atoms with E-state index in [0.717, 1.165) is 36.6 Å². The topological polar surface area (TPSA) is 75.4 Å². The Balaban J connectivity index is 0.00000243. The Morgan fingerprint density at radius 1 is 1.38 bits per heavy atom. The van der Waals surface area contributed by atoms with Gasteiger partial charge in [0.1, 0.15) is 17.0 Å². The van der Waals surface area contributed by atoms with Gasteiger partial charge in [-0.3, -0.25) is 4.79 Å². The van der Waals surface area contributed by atoms with E-state index in [2.05, 4.69) is 28.7 Å². The Bertz CT molecular complexity index is 772. The first kappa shape index (κ1) is 20.9. The summed E-state index contributed by atoms with van der Waals surface area (Å²) in [5, 5.41) is 1.17. The molecule has 0 aromatic carbocycles. The zero-order valence-corrected chi connectivity index (χ0v) is 17.5. The molecule has 6 nitrogen and oxygen atoms in total. The van der Waals surface area contributed by atoms with Crippen molar-refractivity contribution < 1.29 is 4.79 Å². The number of aromatic nitrogens is 2. The third kappa shape index (κ3) is 3.80. The molecule has 0 spiro atoms. The van der Waals surface area contributed by atoms with Crippen molar-refractivity contribution in [3.63, 3.8) is 0 Å². The summed E-state index contributed by atoms with van der Waals surface area (Å²) in [4.78, 5) is 28.1. The van der Waals surface area contributed by atoms with Gasteiger partial charge in [0.15, 0.2) is 0 Å². The highest BCUT2D eigenvalue weighted by Gasteiger charge is 2.30. The number of likely N-dealkylation sites (N-methyl/N-ethyl adjacent to an activating group) is 1. The molecular formula is C18H28ClN5OS. The van der Waals surface area contributed by atoms with Crippen molar-refractivity contribution in [2.45, 2.75) is 39.7 Å². The first-order valence-corrected chi connectivity index (χ1v) is 9.68. The maximum absolute atomic E-state index is 12.6. The molecule has 2 N–H and O–H groups in total. The first-order valence-electron chi connectivity index (χ1n) is 8.86. The van der Waals surface area contributed by atoms with E-state index >= 15 is 0 Å². The van der Waals surface area contributed by atoms with Gasteiger partial charge in [0.25, 0.3) is 0 Å². The van der Waals surface area contributed by atoms with Gasteiger partial charge in [-0.1, -0.05) is 0 Å².